The molecule has 0 saturated carbocycles. The first-order chi connectivity index (χ1) is 9.56. The number of carboxylic acids is 1. The molecule has 1 fully saturated rings. The molecule has 1 saturated heterocycles. The largest absolute Gasteiger partial charge is 0.478 e. The van der Waals surface area contributed by atoms with E-state index in [-0.39, 0.29) is 11.6 Å². The van der Waals surface area contributed by atoms with Crippen LogP contribution in [0.1, 0.15) is 23.0 Å². The smallest absolute Gasteiger partial charge is 0.339 e. The number of anilines is 1. The molecule has 1 aromatic heterocycles. The molecule has 110 valence electrons. The van der Waals surface area contributed by atoms with E-state index in [1.54, 1.807) is 6.07 Å². The zero-order valence-corrected chi connectivity index (χ0v) is 11.9. The van der Waals surface area contributed by atoms with Gasteiger partial charge in [-0.05, 0) is 19.9 Å². The first-order valence-electron chi connectivity index (χ1n) is 6.83. The van der Waals surface area contributed by atoms with E-state index in [9.17, 15) is 9.90 Å². The van der Waals surface area contributed by atoms with E-state index < -0.39 is 5.97 Å². The van der Waals surface area contributed by atoms with Crippen LogP contribution in [0.15, 0.2) is 12.3 Å². The molecule has 0 aliphatic carbocycles. The number of nitrogens with zero attached hydrogens (tertiary/aromatic N) is 2. The van der Waals surface area contributed by atoms with Gasteiger partial charge in [0.15, 0.2) is 0 Å². The zero-order chi connectivity index (χ0) is 14.5. The Morgan fingerprint density at radius 3 is 2.90 bits per heavy atom. The van der Waals surface area contributed by atoms with Gasteiger partial charge in [-0.25, -0.2) is 4.79 Å². The van der Waals surface area contributed by atoms with Crippen LogP contribution in [0.4, 0.5) is 5.69 Å². The normalized spacial score (nSPS) is 17.7. The van der Waals surface area contributed by atoms with Crippen LogP contribution in [0, 0.1) is 6.92 Å². The second-order valence-corrected chi connectivity index (χ2v) is 5.13. The Balaban J connectivity index is 2.00. The number of aromatic nitrogens is 1. The van der Waals surface area contributed by atoms with Gasteiger partial charge in [0.2, 0.25) is 0 Å². The predicted molar refractivity (Wildman–Crippen MR) is 76.3 cm³/mol. The number of ether oxygens (including phenoxy) is 1. The van der Waals surface area contributed by atoms with Crippen molar-refractivity contribution >= 4 is 11.7 Å². The van der Waals surface area contributed by atoms with Crippen LogP contribution < -0.4 is 5.32 Å². The average Bonchev–Trinajstić information content (AvgIpc) is 2.39. The van der Waals surface area contributed by atoms with Crippen LogP contribution in [-0.2, 0) is 4.74 Å². The van der Waals surface area contributed by atoms with Crippen LogP contribution in [0.2, 0.25) is 0 Å². The van der Waals surface area contributed by atoms with Crippen molar-refractivity contribution in [3.05, 3.63) is 23.5 Å². The van der Waals surface area contributed by atoms with Crippen LogP contribution in [-0.4, -0.2) is 59.8 Å². The highest BCUT2D eigenvalue weighted by molar-refractivity contribution is 5.93. The van der Waals surface area contributed by atoms with E-state index >= 15 is 0 Å². The standard InChI is InChI=1S/C14H21N3O3/c1-10-7-13(12(8-15-10)14(18)19)16-11(2)9-17-3-5-20-6-4-17/h7-8,11H,3-6,9H2,1-2H3,(H,15,16)(H,18,19). The molecule has 1 aliphatic heterocycles. The number of hydrogen-bond donors (Lipinski definition) is 2. The van der Waals surface area contributed by atoms with Crippen LogP contribution in [0.25, 0.3) is 0 Å². The Morgan fingerprint density at radius 1 is 1.55 bits per heavy atom. The second kappa shape index (κ2) is 6.67. The van der Waals surface area contributed by atoms with Crippen LogP contribution in [0.3, 0.4) is 0 Å². The summed E-state index contributed by atoms with van der Waals surface area (Å²) in [5, 5.41) is 12.5. The Morgan fingerprint density at radius 2 is 2.25 bits per heavy atom. The van der Waals surface area contributed by atoms with Gasteiger partial charge in [-0.3, -0.25) is 9.88 Å². The number of aryl methyl sites for hydroxylation is 1. The Kier molecular flexibility index (Phi) is 4.92. The quantitative estimate of drug-likeness (QED) is 0.844. The number of rotatable bonds is 5. The summed E-state index contributed by atoms with van der Waals surface area (Å²) < 4.78 is 5.32. The Labute approximate surface area is 118 Å². The summed E-state index contributed by atoms with van der Waals surface area (Å²) in [6.07, 6.45) is 1.40. The summed E-state index contributed by atoms with van der Waals surface area (Å²) in [7, 11) is 0. The molecule has 20 heavy (non-hydrogen) atoms. The van der Waals surface area contributed by atoms with E-state index in [2.05, 4.69) is 22.1 Å². The lowest BCUT2D eigenvalue weighted by molar-refractivity contribution is 0.0368. The molecule has 6 heteroatoms. The monoisotopic (exact) mass is 279 g/mol. The number of aromatic carboxylic acids is 1. The molecule has 1 unspecified atom stereocenters. The third-order valence-electron chi connectivity index (χ3n) is 3.31. The van der Waals surface area contributed by atoms with E-state index in [0.717, 1.165) is 38.5 Å². The van der Waals surface area contributed by atoms with Crippen LogP contribution >= 0.6 is 0 Å². The average molecular weight is 279 g/mol. The molecule has 2 heterocycles. The van der Waals surface area contributed by atoms with Gasteiger partial charge >= 0.3 is 5.97 Å². The number of carboxylic acid groups (broad SMARTS) is 1. The van der Waals surface area contributed by atoms with E-state index in [1.165, 1.54) is 6.20 Å². The summed E-state index contributed by atoms with van der Waals surface area (Å²) in [5.74, 6) is -0.960. The highest BCUT2D eigenvalue weighted by atomic mass is 16.5. The number of nitrogens with one attached hydrogen (secondary N) is 1. The fraction of sp³-hybridized carbons (Fsp3) is 0.571. The lowest BCUT2D eigenvalue weighted by Gasteiger charge is -2.30. The second-order valence-electron chi connectivity index (χ2n) is 5.13. The minimum absolute atomic E-state index is 0.160. The molecule has 1 atom stereocenters. The minimum atomic E-state index is -0.960. The maximum absolute atomic E-state index is 11.2. The summed E-state index contributed by atoms with van der Waals surface area (Å²) >= 11 is 0. The maximum Gasteiger partial charge on any atom is 0.339 e. The van der Waals surface area contributed by atoms with Gasteiger partial charge in [0.1, 0.15) is 5.56 Å². The summed E-state index contributed by atoms with van der Waals surface area (Å²) in [4.78, 5) is 17.5. The van der Waals surface area contributed by atoms with Crippen molar-refractivity contribution in [2.45, 2.75) is 19.9 Å². The highest BCUT2D eigenvalue weighted by Gasteiger charge is 2.16. The number of morpholine rings is 1. The first kappa shape index (κ1) is 14.7. The molecule has 0 aromatic carbocycles. The van der Waals surface area contributed by atoms with Gasteiger partial charge in [-0.15, -0.1) is 0 Å². The minimum Gasteiger partial charge on any atom is -0.478 e. The van der Waals surface area contributed by atoms with E-state index in [4.69, 9.17) is 4.74 Å². The SMILES string of the molecule is Cc1cc(NC(C)CN2CCOCC2)c(C(=O)O)cn1. The molecule has 2 rings (SSSR count). The fourth-order valence-electron chi connectivity index (χ4n) is 2.33. The van der Waals surface area contributed by atoms with E-state index in [1.807, 2.05) is 6.92 Å². The fourth-order valence-corrected chi connectivity index (χ4v) is 2.33. The molecule has 0 radical (unpaired) electrons. The van der Waals surface area contributed by atoms with Gasteiger partial charge in [-0.1, -0.05) is 0 Å². The van der Waals surface area contributed by atoms with Gasteiger partial charge in [0.25, 0.3) is 0 Å². The molecule has 0 spiro atoms. The lowest BCUT2D eigenvalue weighted by atomic mass is 10.2. The third-order valence-corrected chi connectivity index (χ3v) is 3.31. The van der Waals surface area contributed by atoms with Crippen molar-refractivity contribution in [2.75, 3.05) is 38.2 Å². The lowest BCUT2D eigenvalue weighted by Crippen LogP contribution is -2.42. The molecular weight excluding hydrogens is 258 g/mol. The van der Waals surface area contributed by atoms with Crippen molar-refractivity contribution in [2.24, 2.45) is 0 Å². The predicted octanol–water partition coefficient (Wildman–Crippen LogP) is 1.22. The van der Waals surface area contributed by atoms with Crippen molar-refractivity contribution in [3.8, 4) is 0 Å². The van der Waals surface area contributed by atoms with Gasteiger partial charge < -0.3 is 15.2 Å². The van der Waals surface area contributed by atoms with Crippen molar-refractivity contribution in [1.82, 2.24) is 9.88 Å². The Bertz CT molecular complexity index is 473. The topological polar surface area (TPSA) is 74.7 Å². The van der Waals surface area contributed by atoms with Gasteiger partial charge in [0, 0.05) is 37.6 Å². The highest BCUT2D eigenvalue weighted by Crippen LogP contribution is 2.17. The molecule has 2 N–H and O–H groups in total. The number of hydrogen-bond acceptors (Lipinski definition) is 5. The Hall–Kier alpha value is -1.66. The van der Waals surface area contributed by atoms with Crippen LogP contribution in [0.5, 0.6) is 0 Å². The number of carbonyl (C=O) groups is 1. The molecule has 6 nitrogen and oxygen atoms in total. The van der Waals surface area contributed by atoms with Crippen molar-refractivity contribution in [3.63, 3.8) is 0 Å². The van der Waals surface area contributed by atoms with Crippen molar-refractivity contribution in [1.29, 1.82) is 0 Å². The summed E-state index contributed by atoms with van der Waals surface area (Å²) in [6, 6.07) is 1.94. The molecule has 0 bridgehead atoms. The first-order valence-corrected chi connectivity index (χ1v) is 6.83. The third kappa shape index (κ3) is 3.91. The molecule has 0 amide bonds. The van der Waals surface area contributed by atoms with Gasteiger partial charge in [0.05, 0.1) is 18.9 Å². The molecule has 1 aliphatic rings. The number of pyridine rings is 1. The molecule has 1 aromatic rings. The van der Waals surface area contributed by atoms with Gasteiger partial charge in [-0.2, -0.15) is 0 Å². The summed E-state index contributed by atoms with van der Waals surface area (Å²) in [5.41, 5.74) is 1.64. The summed E-state index contributed by atoms with van der Waals surface area (Å²) in [6.45, 7) is 8.15. The zero-order valence-electron chi connectivity index (χ0n) is 11.9. The van der Waals surface area contributed by atoms with Crippen molar-refractivity contribution < 1.29 is 14.6 Å². The maximum atomic E-state index is 11.2. The van der Waals surface area contributed by atoms with E-state index in [0.29, 0.717) is 5.69 Å². The molecular formula is C14H21N3O3.